The first-order valence-corrected chi connectivity index (χ1v) is 9.89. The third-order valence-electron chi connectivity index (χ3n) is 4.61. The fraction of sp³-hybridized carbons (Fsp3) is 0.304. The molecule has 0 amide bonds. The van der Waals surface area contributed by atoms with Crippen LogP contribution in [0.1, 0.15) is 29.4 Å². The van der Waals surface area contributed by atoms with Crippen LogP contribution < -0.4 is 15.4 Å². The van der Waals surface area contributed by atoms with E-state index in [9.17, 15) is 0 Å². The van der Waals surface area contributed by atoms with Crippen molar-refractivity contribution in [3.8, 4) is 5.75 Å². The smallest absolute Gasteiger partial charge is 0.191 e. The Balaban J connectivity index is 0.00000320. The molecule has 0 aliphatic heterocycles. The number of nitrogens with zero attached hydrogens (tertiary/aromatic N) is 3. The van der Waals surface area contributed by atoms with Crippen LogP contribution in [0.25, 0.3) is 0 Å². The van der Waals surface area contributed by atoms with Crippen LogP contribution in [0, 0.1) is 6.92 Å². The number of aromatic nitrogens is 2. The molecule has 2 N–H and O–H groups in total. The Morgan fingerprint density at radius 3 is 2.67 bits per heavy atom. The van der Waals surface area contributed by atoms with Gasteiger partial charge >= 0.3 is 0 Å². The maximum absolute atomic E-state index is 5.49. The Morgan fingerprint density at radius 2 is 1.93 bits per heavy atom. The maximum Gasteiger partial charge on any atom is 0.191 e. The fourth-order valence-electron chi connectivity index (χ4n) is 3.08. The molecule has 0 radical (unpaired) electrons. The normalized spacial score (nSPS) is 11.0. The molecular formula is C23H30IN5O. The van der Waals surface area contributed by atoms with E-state index in [2.05, 4.69) is 70.4 Å². The van der Waals surface area contributed by atoms with E-state index in [0.29, 0.717) is 13.1 Å². The Labute approximate surface area is 195 Å². The van der Waals surface area contributed by atoms with E-state index in [1.165, 1.54) is 11.1 Å². The number of methoxy groups -OCH3 is 1. The monoisotopic (exact) mass is 519 g/mol. The van der Waals surface area contributed by atoms with Crippen LogP contribution in [0.15, 0.2) is 65.9 Å². The van der Waals surface area contributed by atoms with Crippen molar-refractivity contribution in [3.63, 3.8) is 0 Å². The van der Waals surface area contributed by atoms with Gasteiger partial charge in [0.25, 0.3) is 0 Å². The molecule has 2 aromatic carbocycles. The molecule has 0 spiro atoms. The largest absolute Gasteiger partial charge is 0.496 e. The van der Waals surface area contributed by atoms with Crippen molar-refractivity contribution in [2.75, 3.05) is 13.7 Å². The highest BCUT2D eigenvalue weighted by atomic mass is 127. The van der Waals surface area contributed by atoms with E-state index >= 15 is 0 Å². The number of nitrogens with one attached hydrogen (secondary N) is 2. The van der Waals surface area contributed by atoms with E-state index in [1.54, 1.807) is 7.11 Å². The minimum Gasteiger partial charge on any atom is -0.496 e. The summed E-state index contributed by atoms with van der Waals surface area (Å²) in [4.78, 5) is 9.21. The van der Waals surface area contributed by atoms with Crippen molar-refractivity contribution < 1.29 is 4.74 Å². The SMILES string of the molecule is CCNC(=NCc1ccc(C)cc1OC)NCc1nccn1Cc1ccccc1.I. The summed E-state index contributed by atoms with van der Waals surface area (Å²) >= 11 is 0. The van der Waals surface area contributed by atoms with Gasteiger partial charge in [-0.3, -0.25) is 0 Å². The van der Waals surface area contributed by atoms with Crippen LogP contribution in [0.3, 0.4) is 0 Å². The van der Waals surface area contributed by atoms with Gasteiger partial charge in [0, 0.05) is 31.0 Å². The van der Waals surface area contributed by atoms with Gasteiger partial charge in [0.1, 0.15) is 11.6 Å². The van der Waals surface area contributed by atoms with Crippen LogP contribution in [-0.2, 0) is 19.6 Å². The number of imidazole rings is 1. The summed E-state index contributed by atoms with van der Waals surface area (Å²) in [5, 5.41) is 6.68. The molecule has 6 nitrogen and oxygen atoms in total. The number of ether oxygens (including phenoxy) is 1. The second-order valence-electron chi connectivity index (χ2n) is 6.82. The molecule has 0 fully saturated rings. The Morgan fingerprint density at radius 1 is 1.13 bits per heavy atom. The van der Waals surface area contributed by atoms with Crippen molar-refractivity contribution in [1.82, 2.24) is 20.2 Å². The summed E-state index contributed by atoms with van der Waals surface area (Å²) in [6, 6.07) is 16.6. The predicted molar refractivity (Wildman–Crippen MR) is 133 cm³/mol. The number of rotatable bonds is 8. The fourth-order valence-corrected chi connectivity index (χ4v) is 3.08. The van der Waals surface area contributed by atoms with E-state index in [0.717, 1.165) is 36.2 Å². The molecule has 3 aromatic rings. The van der Waals surface area contributed by atoms with Crippen molar-refractivity contribution in [2.24, 2.45) is 4.99 Å². The third kappa shape index (κ3) is 6.76. The van der Waals surface area contributed by atoms with Gasteiger partial charge in [0.15, 0.2) is 5.96 Å². The summed E-state index contributed by atoms with van der Waals surface area (Å²) in [6.45, 7) is 6.83. The number of halogens is 1. The van der Waals surface area contributed by atoms with Crippen LogP contribution in [0.5, 0.6) is 5.75 Å². The molecule has 0 bridgehead atoms. The van der Waals surface area contributed by atoms with Crippen molar-refractivity contribution >= 4 is 29.9 Å². The second-order valence-corrected chi connectivity index (χ2v) is 6.82. The van der Waals surface area contributed by atoms with Gasteiger partial charge in [-0.2, -0.15) is 0 Å². The summed E-state index contributed by atoms with van der Waals surface area (Å²) < 4.78 is 7.63. The van der Waals surface area contributed by atoms with Gasteiger partial charge < -0.3 is 19.9 Å². The number of aryl methyl sites for hydroxylation is 1. The molecule has 1 aromatic heterocycles. The molecule has 0 saturated heterocycles. The molecule has 0 atom stereocenters. The highest BCUT2D eigenvalue weighted by Crippen LogP contribution is 2.20. The molecule has 0 saturated carbocycles. The first-order chi connectivity index (χ1) is 14.2. The molecule has 0 aliphatic carbocycles. The second kappa shape index (κ2) is 12.2. The average molecular weight is 519 g/mol. The molecule has 7 heteroatoms. The quantitative estimate of drug-likeness (QED) is 0.267. The van der Waals surface area contributed by atoms with Gasteiger partial charge in [-0.25, -0.2) is 9.98 Å². The minimum atomic E-state index is 0. The summed E-state index contributed by atoms with van der Waals surface area (Å²) in [5.74, 6) is 2.58. The van der Waals surface area contributed by atoms with Crippen molar-refractivity contribution in [3.05, 3.63) is 83.4 Å². The summed E-state index contributed by atoms with van der Waals surface area (Å²) in [7, 11) is 1.69. The lowest BCUT2D eigenvalue weighted by atomic mass is 10.1. The Hall–Kier alpha value is -2.55. The van der Waals surface area contributed by atoms with Crippen LogP contribution in [-0.4, -0.2) is 29.2 Å². The van der Waals surface area contributed by atoms with Crippen LogP contribution >= 0.6 is 24.0 Å². The lowest BCUT2D eigenvalue weighted by Crippen LogP contribution is -2.37. The topological polar surface area (TPSA) is 63.5 Å². The van der Waals surface area contributed by atoms with Crippen LogP contribution in [0.2, 0.25) is 0 Å². The lowest BCUT2D eigenvalue weighted by Gasteiger charge is -2.13. The zero-order chi connectivity index (χ0) is 20.5. The van der Waals surface area contributed by atoms with Gasteiger partial charge in [-0.15, -0.1) is 24.0 Å². The number of hydrogen-bond donors (Lipinski definition) is 2. The molecule has 1 heterocycles. The molecule has 0 unspecified atom stereocenters. The predicted octanol–water partition coefficient (Wildman–Crippen LogP) is 4.12. The Bertz CT molecular complexity index is 940. The standard InChI is InChI=1S/C23H29N5O.HI/c1-4-24-23(26-15-20-11-10-18(2)14-21(20)29-3)27-16-22-25-12-13-28(22)17-19-8-6-5-7-9-19;/h5-14H,4,15-17H2,1-3H3,(H2,24,26,27);1H. The number of hydrogen-bond acceptors (Lipinski definition) is 3. The maximum atomic E-state index is 5.49. The van der Waals surface area contributed by atoms with Gasteiger partial charge in [0.05, 0.1) is 20.2 Å². The number of guanidine groups is 1. The zero-order valence-electron chi connectivity index (χ0n) is 17.8. The van der Waals surface area contributed by atoms with E-state index in [1.807, 2.05) is 24.5 Å². The summed E-state index contributed by atoms with van der Waals surface area (Å²) in [6.07, 6.45) is 3.84. The van der Waals surface area contributed by atoms with E-state index < -0.39 is 0 Å². The summed E-state index contributed by atoms with van der Waals surface area (Å²) in [5.41, 5.74) is 3.48. The molecule has 0 aliphatic rings. The van der Waals surface area contributed by atoms with Gasteiger partial charge in [0.2, 0.25) is 0 Å². The van der Waals surface area contributed by atoms with Gasteiger partial charge in [-0.05, 0) is 31.0 Å². The van der Waals surface area contributed by atoms with Crippen molar-refractivity contribution in [1.29, 1.82) is 0 Å². The van der Waals surface area contributed by atoms with E-state index in [4.69, 9.17) is 9.73 Å². The average Bonchev–Trinajstić information content (AvgIpc) is 3.18. The number of benzene rings is 2. The molecule has 160 valence electrons. The van der Waals surface area contributed by atoms with Gasteiger partial charge in [-0.1, -0.05) is 42.5 Å². The zero-order valence-corrected chi connectivity index (χ0v) is 20.1. The van der Waals surface area contributed by atoms with Crippen molar-refractivity contribution in [2.45, 2.75) is 33.5 Å². The highest BCUT2D eigenvalue weighted by molar-refractivity contribution is 14.0. The minimum absolute atomic E-state index is 0. The molecule has 30 heavy (non-hydrogen) atoms. The van der Waals surface area contributed by atoms with Crippen LogP contribution in [0.4, 0.5) is 0 Å². The highest BCUT2D eigenvalue weighted by Gasteiger charge is 2.07. The molecular weight excluding hydrogens is 489 g/mol. The Kier molecular flexibility index (Phi) is 9.66. The third-order valence-corrected chi connectivity index (χ3v) is 4.61. The molecule has 3 rings (SSSR count). The first-order valence-electron chi connectivity index (χ1n) is 9.89. The lowest BCUT2D eigenvalue weighted by molar-refractivity contribution is 0.409. The van der Waals surface area contributed by atoms with E-state index in [-0.39, 0.29) is 24.0 Å². The number of aliphatic imine (C=N–C) groups is 1. The first kappa shape index (κ1) is 23.7.